The van der Waals surface area contributed by atoms with E-state index in [1.807, 2.05) is 67.6 Å². The third-order valence-electron chi connectivity index (χ3n) is 4.52. The number of hydrogen-bond donors (Lipinski definition) is 1. The average Bonchev–Trinajstić information content (AvgIpc) is 2.60. The molecule has 1 amide bonds. The van der Waals surface area contributed by atoms with Gasteiger partial charge in [0.15, 0.2) is 5.78 Å². The van der Waals surface area contributed by atoms with Crippen molar-refractivity contribution in [3.05, 3.63) is 83.4 Å². The van der Waals surface area contributed by atoms with E-state index in [0.717, 1.165) is 16.7 Å². The number of carbonyl (C=O) groups is 2. The summed E-state index contributed by atoms with van der Waals surface area (Å²) in [5, 5.41) is 3.02. The lowest BCUT2D eigenvalue weighted by molar-refractivity contribution is -0.125. The minimum atomic E-state index is -0.297. The molecule has 2 aromatic rings. The van der Waals surface area contributed by atoms with Crippen molar-refractivity contribution in [1.82, 2.24) is 5.32 Å². The van der Waals surface area contributed by atoms with E-state index >= 15 is 0 Å². The Morgan fingerprint density at radius 1 is 1.04 bits per heavy atom. The Bertz CT molecular complexity index is 750. The van der Waals surface area contributed by atoms with Crippen molar-refractivity contribution in [2.45, 2.75) is 25.8 Å². The van der Waals surface area contributed by atoms with E-state index < -0.39 is 0 Å². The standard InChI is InChI=1S/C21H21NO2/c1-15-12-18(23)13-19(17-10-6-3-7-11-17)20(15)21(24)22-14-16-8-4-2-5-9-16/h2-12,19-20H,13-14H2,1H3,(H,22,24). The maximum Gasteiger partial charge on any atom is 0.228 e. The summed E-state index contributed by atoms with van der Waals surface area (Å²) in [7, 11) is 0. The number of nitrogens with one attached hydrogen (secondary N) is 1. The zero-order valence-corrected chi connectivity index (χ0v) is 13.7. The molecule has 0 heterocycles. The van der Waals surface area contributed by atoms with Crippen molar-refractivity contribution in [2.75, 3.05) is 0 Å². The molecular weight excluding hydrogens is 298 g/mol. The number of amides is 1. The smallest absolute Gasteiger partial charge is 0.228 e. The van der Waals surface area contributed by atoms with Crippen LogP contribution in [0.15, 0.2) is 72.3 Å². The van der Waals surface area contributed by atoms with Gasteiger partial charge in [0, 0.05) is 18.9 Å². The Kier molecular flexibility index (Phi) is 4.90. The predicted octanol–water partition coefficient (Wildman–Crippen LogP) is 3.62. The van der Waals surface area contributed by atoms with Gasteiger partial charge in [-0.15, -0.1) is 0 Å². The second kappa shape index (κ2) is 7.26. The SMILES string of the molecule is CC1=CC(=O)CC(c2ccccc2)C1C(=O)NCc1ccccc1. The van der Waals surface area contributed by atoms with Gasteiger partial charge in [0.2, 0.25) is 5.91 Å². The molecule has 1 aliphatic rings. The van der Waals surface area contributed by atoms with E-state index in [1.165, 1.54) is 0 Å². The molecule has 0 spiro atoms. The van der Waals surface area contributed by atoms with Crippen molar-refractivity contribution < 1.29 is 9.59 Å². The van der Waals surface area contributed by atoms with Gasteiger partial charge in [-0.25, -0.2) is 0 Å². The van der Waals surface area contributed by atoms with Crippen LogP contribution in [0.5, 0.6) is 0 Å². The molecule has 0 aliphatic heterocycles. The van der Waals surface area contributed by atoms with Crippen molar-refractivity contribution in [1.29, 1.82) is 0 Å². The molecule has 0 saturated carbocycles. The summed E-state index contributed by atoms with van der Waals surface area (Å²) < 4.78 is 0. The number of hydrogen-bond acceptors (Lipinski definition) is 2. The Labute approximate surface area is 142 Å². The number of rotatable bonds is 4. The highest BCUT2D eigenvalue weighted by molar-refractivity contribution is 5.96. The summed E-state index contributed by atoms with van der Waals surface area (Å²) in [6.07, 6.45) is 2.00. The number of carbonyl (C=O) groups excluding carboxylic acids is 2. The zero-order valence-electron chi connectivity index (χ0n) is 13.7. The normalized spacial score (nSPS) is 20.4. The van der Waals surface area contributed by atoms with Gasteiger partial charge in [-0.1, -0.05) is 66.2 Å². The number of ketones is 1. The Balaban J connectivity index is 1.80. The quantitative estimate of drug-likeness (QED) is 0.935. The van der Waals surface area contributed by atoms with Crippen LogP contribution in [-0.2, 0) is 16.1 Å². The van der Waals surface area contributed by atoms with Crippen LogP contribution in [0.1, 0.15) is 30.4 Å². The van der Waals surface area contributed by atoms with Crippen LogP contribution < -0.4 is 5.32 Å². The highest BCUT2D eigenvalue weighted by atomic mass is 16.2. The van der Waals surface area contributed by atoms with Gasteiger partial charge < -0.3 is 5.32 Å². The van der Waals surface area contributed by atoms with Gasteiger partial charge in [0.05, 0.1) is 5.92 Å². The molecule has 3 heteroatoms. The highest BCUT2D eigenvalue weighted by Crippen LogP contribution is 2.37. The van der Waals surface area contributed by atoms with Gasteiger partial charge >= 0.3 is 0 Å². The van der Waals surface area contributed by atoms with Crippen LogP contribution in [0.25, 0.3) is 0 Å². The molecule has 1 N–H and O–H groups in total. The fourth-order valence-corrected chi connectivity index (χ4v) is 3.35. The molecule has 122 valence electrons. The van der Waals surface area contributed by atoms with Crippen molar-refractivity contribution in [2.24, 2.45) is 5.92 Å². The van der Waals surface area contributed by atoms with Crippen LogP contribution in [-0.4, -0.2) is 11.7 Å². The summed E-state index contributed by atoms with van der Waals surface area (Å²) >= 11 is 0. The summed E-state index contributed by atoms with van der Waals surface area (Å²) in [5.41, 5.74) is 2.94. The molecule has 24 heavy (non-hydrogen) atoms. The fourth-order valence-electron chi connectivity index (χ4n) is 3.35. The Hall–Kier alpha value is -2.68. The van der Waals surface area contributed by atoms with Gasteiger partial charge in [-0.2, -0.15) is 0 Å². The Morgan fingerprint density at radius 3 is 2.33 bits per heavy atom. The van der Waals surface area contributed by atoms with Crippen molar-refractivity contribution in [3.8, 4) is 0 Å². The monoisotopic (exact) mass is 319 g/mol. The minimum Gasteiger partial charge on any atom is -0.351 e. The second-order valence-electron chi connectivity index (χ2n) is 6.26. The summed E-state index contributed by atoms with van der Waals surface area (Å²) in [6, 6.07) is 19.7. The van der Waals surface area contributed by atoms with E-state index in [0.29, 0.717) is 13.0 Å². The predicted molar refractivity (Wildman–Crippen MR) is 94.3 cm³/mol. The summed E-state index contributed by atoms with van der Waals surface area (Å²) in [6.45, 7) is 2.37. The maximum absolute atomic E-state index is 12.8. The van der Waals surface area contributed by atoms with Gasteiger partial charge in [-0.05, 0) is 24.1 Å². The van der Waals surface area contributed by atoms with Gasteiger partial charge in [0.1, 0.15) is 0 Å². The fraction of sp³-hybridized carbons (Fsp3) is 0.238. The van der Waals surface area contributed by atoms with E-state index in [4.69, 9.17) is 0 Å². The molecule has 2 atom stereocenters. The van der Waals surface area contributed by atoms with E-state index in [-0.39, 0.29) is 23.5 Å². The van der Waals surface area contributed by atoms with Gasteiger partial charge in [-0.3, -0.25) is 9.59 Å². The second-order valence-corrected chi connectivity index (χ2v) is 6.26. The van der Waals surface area contributed by atoms with Crippen LogP contribution in [0.3, 0.4) is 0 Å². The van der Waals surface area contributed by atoms with Crippen LogP contribution in [0.2, 0.25) is 0 Å². The molecule has 2 aromatic carbocycles. The largest absolute Gasteiger partial charge is 0.351 e. The van der Waals surface area contributed by atoms with E-state index in [2.05, 4.69) is 5.32 Å². The molecule has 0 bridgehead atoms. The maximum atomic E-state index is 12.8. The third-order valence-corrected chi connectivity index (χ3v) is 4.52. The van der Waals surface area contributed by atoms with E-state index in [9.17, 15) is 9.59 Å². The molecule has 3 rings (SSSR count). The third kappa shape index (κ3) is 3.62. The molecule has 0 aromatic heterocycles. The molecule has 0 saturated heterocycles. The first-order chi connectivity index (χ1) is 11.6. The zero-order chi connectivity index (χ0) is 16.9. The first-order valence-corrected chi connectivity index (χ1v) is 8.23. The van der Waals surface area contributed by atoms with Crippen LogP contribution >= 0.6 is 0 Å². The molecule has 0 radical (unpaired) electrons. The summed E-state index contributed by atoms with van der Waals surface area (Å²) in [4.78, 5) is 24.8. The average molecular weight is 319 g/mol. The molecule has 3 nitrogen and oxygen atoms in total. The Morgan fingerprint density at radius 2 is 1.67 bits per heavy atom. The molecule has 0 fully saturated rings. The van der Waals surface area contributed by atoms with Crippen molar-refractivity contribution in [3.63, 3.8) is 0 Å². The minimum absolute atomic E-state index is 0.0195. The molecule has 1 aliphatic carbocycles. The lowest BCUT2D eigenvalue weighted by Crippen LogP contribution is -2.37. The topological polar surface area (TPSA) is 46.2 Å². The van der Waals surface area contributed by atoms with E-state index in [1.54, 1.807) is 6.08 Å². The van der Waals surface area contributed by atoms with Crippen LogP contribution in [0, 0.1) is 5.92 Å². The summed E-state index contributed by atoms with van der Waals surface area (Å²) in [5.74, 6) is -0.323. The molecular formula is C21H21NO2. The first kappa shape index (κ1) is 16.2. The number of allylic oxidation sites excluding steroid dienone is 1. The lowest BCUT2D eigenvalue weighted by atomic mass is 9.74. The van der Waals surface area contributed by atoms with Gasteiger partial charge in [0.25, 0.3) is 0 Å². The molecule has 2 unspecified atom stereocenters. The first-order valence-electron chi connectivity index (χ1n) is 8.23. The van der Waals surface area contributed by atoms with Crippen LogP contribution in [0.4, 0.5) is 0 Å². The number of benzene rings is 2. The van der Waals surface area contributed by atoms with Crippen molar-refractivity contribution >= 4 is 11.7 Å². The lowest BCUT2D eigenvalue weighted by Gasteiger charge is -2.30. The highest BCUT2D eigenvalue weighted by Gasteiger charge is 2.35.